The number of benzene rings is 1. The van der Waals surface area contributed by atoms with E-state index in [9.17, 15) is 0 Å². The predicted octanol–water partition coefficient (Wildman–Crippen LogP) is 3.66. The Hall–Kier alpha value is -0.820. The van der Waals surface area contributed by atoms with Crippen LogP contribution in [0.15, 0.2) is 29.3 Å². The Balaban J connectivity index is 0.00000225. The van der Waals surface area contributed by atoms with Crippen molar-refractivity contribution in [3.8, 4) is 0 Å². The van der Waals surface area contributed by atoms with Crippen LogP contribution in [0.1, 0.15) is 43.2 Å². The van der Waals surface area contributed by atoms with Crippen LogP contribution >= 0.6 is 24.0 Å². The number of rotatable bonds is 5. The molecule has 25 heavy (non-hydrogen) atoms. The number of aliphatic imine (C=N–C) groups is 1. The number of ether oxygens (including phenoxy) is 1. The van der Waals surface area contributed by atoms with Crippen LogP contribution in [0, 0.1) is 5.92 Å². The van der Waals surface area contributed by atoms with Crippen molar-refractivity contribution >= 4 is 29.9 Å². The first-order valence-electron chi connectivity index (χ1n) is 9.41. The quantitative estimate of drug-likeness (QED) is 0.417. The lowest BCUT2D eigenvalue weighted by Crippen LogP contribution is -2.40. The number of hydrogen-bond acceptors (Lipinski definition) is 2. The van der Waals surface area contributed by atoms with E-state index in [1.165, 1.54) is 36.8 Å². The molecule has 1 N–H and O–H groups in total. The van der Waals surface area contributed by atoms with Gasteiger partial charge in [0.25, 0.3) is 0 Å². The summed E-state index contributed by atoms with van der Waals surface area (Å²) in [6, 6.07) is 8.91. The van der Waals surface area contributed by atoms with Crippen molar-refractivity contribution in [1.82, 2.24) is 10.2 Å². The van der Waals surface area contributed by atoms with E-state index in [2.05, 4.69) is 41.4 Å². The lowest BCUT2D eigenvalue weighted by atomic mass is 9.83. The van der Waals surface area contributed by atoms with Gasteiger partial charge in [0.2, 0.25) is 0 Å². The molecule has 3 rings (SSSR count). The fourth-order valence-corrected chi connectivity index (χ4v) is 4.06. The maximum Gasteiger partial charge on any atom is 0.193 e. The highest BCUT2D eigenvalue weighted by atomic mass is 127. The molecule has 1 aromatic carbocycles. The van der Waals surface area contributed by atoms with Gasteiger partial charge in [0.15, 0.2) is 5.96 Å². The van der Waals surface area contributed by atoms with E-state index >= 15 is 0 Å². The summed E-state index contributed by atoms with van der Waals surface area (Å²) >= 11 is 0. The van der Waals surface area contributed by atoms with E-state index in [-0.39, 0.29) is 24.0 Å². The van der Waals surface area contributed by atoms with Gasteiger partial charge in [-0.15, -0.1) is 24.0 Å². The maximum atomic E-state index is 5.32. The normalized spacial score (nSPS) is 23.1. The SMILES string of the molecule is CCNC(=NCC1CCCc2ccccc21)N1CCC(COC)C1.I. The summed E-state index contributed by atoms with van der Waals surface area (Å²) in [6.07, 6.45) is 4.96. The number of halogens is 1. The number of likely N-dealkylation sites (tertiary alicyclic amines) is 1. The van der Waals surface area contributed by atoms with Crippen LogP contribution in [0.5, 0.6) is 0 Å². The lowest BCUT2D eigenvalue weighted by Gasteiger charge is -2.26. The Labute approximate surface area is 169 Å². The summed E-state index contributed by atoms with van der Waals surface area (Å²) in [5, 5.41) is 3.49. The zero-order valence-electron chi connectivity index (χ0n) is 15.5. The second-order valence-corrected chi connectivity index (χ2v) is 7.04. The number of guanidine groups is 1. The molecule has 140 valence electrons. The van der Waals surface area contributed by atoms with Crippen LogP contribution in [0.3, 0.4) is 0 Å². The molecular weight excluding hydrogens is 425 g/mol. The van der Waals surface area contributed by atoms with Gasteiger partial charge in [-0.05, 0) is 43.7 Å². The zero-order chi connectivity index (χ0) is 16.8. The van der Waals surface area contributed by atoms with Gasteiger partial charge in [-0.25, -0.2) is 0 Å². The van der Waals surface area contributed by atoms with Crippen molar-refractivity contribution in [3.63, 3.8) is 0 Å². The van der Waals surface area contributed by atoms with E-state index in [4.69, 9.17) is 9.73 Å². The molecular formula is C20H32IN3O. The average Bonchev–Trinajstić information content (AvgIpc) is 3.07. The smallest absolute Gasteiger partial charge is 0.193 e. The molecule has 0 spiro atoms. The minimum absolute atomic E-state index is 0. The number of nitrogens with one attached hydrogen (secondary N) is 1. The second kappa shape index (κ2) is 10.4. The van der Waals surface area contributed by atoms with E-state index in [0.29, 0.717) is 11.8 Å². The lowest BCUT2D eigenvalue weighted by molar-refractivity contribution is 0.157. The van der Waals surface area contributed by atoms with Gasteiger partial charge in [-0.2, -0.15) is 0 Å². The van der Waals surface area contributed by atoms with Crippen LogP contribution in [-0.2, 0) is 11.2 Å². The van der Waals surface area contributed by atoms with Gasteiger partial charge in [-0.3, -0.25) is 4.99 Å². The number of aryl methyl sites for hydroxylation is 1. The van der Waals surface area contributed by atoms with Crippen molar-refractivity contribution in [2.75, 3.05) is 39.9 Å². The first-order valence-corrected chi connectivity index (χ1v) is 9.41. The summed E-state index contributed by atoms with van der Waals surface area (Å²) in [7, 11) is 1.79. The van der Waals surface area contributed by atoms with Crippen molar-refractivity contribution < 1.29 is 4.74 Å². The summed E-state index contributed by atoms with van der Waals surface area (Å²) in [4.78, 5) is 7.41. The first-order chi connectivity index (χ1) is 11.8. The highest BCUT2D eigenvalue weighted by Gasteiger charge is 2.25. The molecule has 2 aliphatic rings. The van der Waals surface area contributed by atoms with Crippen LogP contribution in [-0.4, -0.2) is 50.8 Å². The maximum absolute atomic E-state index is 5.32. The Bertz CT molecular complexity index is 564. The van der Waals surface area contributed by atoms with Crippen LogP contribution in [0.2, 0.25) is 0 Å². The highest BCUT2D eigenvalue weighted by molar-refractivity contribution is 14.0. The van der Waals surface area contributed by atoms with Gasteiger partial charge >= 0.3 is 0 Å². The predicted molar refractivity (Wildman–Crippen MR) is 115 cm³/mol. The molecule has 5 heteroatoms. The van der Waals surface area contributed by atoms with Gasteiger partial charge in [0.1, 0.15) is 0 Å². The minimum atomic E-state index is 0. The third-order valence-corrected chi connectivity index (χ3v) is 5.28. The largest absolute Gasteiger partial charge is 0.384 e. The van der Waals surface area contributed by atoms with Gasteiger partial charge < -0.3 is 15.0 Å². The zero-order valence-corrected chi connectivity index (χ0v) is 17.9. The van der Waals surface area contributed by atoms with Crippen LogP contribution in [0.4, 0.5) is 0 Å². The van der Waals surface area contributed by atoms with Crippen LogP contribution < -0.4 is 5.32 Å². The van der Waals surface area contributed by atoms with E-state index in [0.717, 1.165) is 38.7 Å². The Morgan fingerprint density at radius 2 is 2.16 bits per heavy atom. The average molecular weight is 457 g/mol. The number of fused-ring (bicyclic) bond motifs is 1. The topological polar surface area (TPSA) is 36.9 Å². The Kier molecular flexibility index (Phi) is 8.49. The first kappa shape index (κ1) is 20.5. The minimum Gasteiger partial charge on any atom is -0.384 e. The fraction of sp³-hybridized carbons (Fsp3) is 0.650. The van der Waals surface area contributed by atoms with E-state index in [1.807, 2.05) is 0 Å². The van der Waals surface area contributed by atoms with Crippen molar-refractivity contribution in [2.24, 2.45) is 10.9 Å². The number of nitrogens with zero attached hydrogens (tertiary/aromatic N) is 2. The summed E-state index contributed by atoms with van der Waals surface area (Å²) in [5.41, 5.74) is 3.04. The van der Waals surface area contributed by atoms with Crippen molar-refractivity contribution in [3.05, 3.63) is 35.4 Å². The molecule has 1 saturated heterocycles. The molecule has 1 aliphatic heterocycles. The summed E-state index contributed by atoms with van der Waals surface area (Å²) < 4.78 is 5.32. The Morgan fingerprint density at radius 1 is 1.32 bits per heavy atom. The monoisotopic (exact) mass is 457 g/mol. The van der Waals surface area contributed by atoms with Gasteiger partial charge in [0, 0.05) is 45.1 Å². The van der Waals surface area contributed by atoms with E-state index < -0.39 is 0 Å². The molecule has 0 radical (unpaired) electrons. The van der Waals surface area contributed by atoms with E-state index in [1.54, 1.807) is 7.11 Å². The molecule has 1 aromatic rings. The third-order valence-electron chi connectivity index (χ3n) is 5.28. The summed E-state index contributed by atoms with van der Waals surface area (Å²) in [5.74, 6) is 2.29. The summed E-state index contributed by atoms with van der Waals surface area (Å²) in [6.45, 7) is 6.96. The molecule has 2 atom stereocenters. The third kappa shape index (κ3) is 5.33. The number of methoxy groups -OCH3 is 1. The van der Waals surface area contributed by atoms with Gasteiger partial charge in [-0.1, -0.05) is 24.3 Å². The highest BCUT2D eigenvalue weighted by Crippen LogP contribution is 2.31. The van der Waals surface area contributed by atoms with Gasteiger partial charge in [0.05, 0.1) is 6.61 Å². The van der Waals surface area contributed by atoms with Crippen LogP contribution in [0.25, 0.3) is 0 Å². The second-order valence-electron chi connectivity index (χ2n) is 7.04. The molecule has 0 bridgehead atoms. The molecule has 1 fully saturated rings. The van der Waals surface area contributed by atoms with Crippen molar-refractivity contribution in [2.45, 2.75) is 38.5 Å². The molecule has 1 aliphatic carbocycles. The fourth-order valence-electron chi connectivity index (χ4n) is 4.06. The number of hydrogen-bond donors (Lipinski definition) is 1. The van der Waals surface area contributed by atoms with Crippen molar-refractivity contribution in [1.29, 1.82) is 0 Å². The molecule has 4 nitrogen and oxygen atoms in total. The molecule has 1 heterocycles. The Morgan fingerprint density at radius 3 is 2.96 bits per heavy atom. The molecule has 0 saturated carbocycles. The molecule has 0 amide bonds. The molecule has 0 aromatic heterocycles. The standard InChI is InChI=1S/C20H31N3O.HI/c1-3-21-20(23-12-11-16(14-23)15-24-2)22-13-18-9-6-8-17-7-4-5-10-19(17)18;/h4-5,7,10,16,18H,3,6,8-9,11-15H2,1-2H3,(H,21,22);1H. The molecule has 2 unspecified atom stereocenters.